The molecule has 0 radical (unpaired) electrons. The SMILES string of the molecule is CON=C(C(C)=NO)/C(C)=N/OC. The first kappa shape index (κ1) is 11.4. The molecule has 0 aliphatic heterocycles. The summed E-state index contributed by atoms with van der Waals surface area (Å²) in [6.07, 6.45) is 0. The highest BCUT2D eigenvalue weighted by molar-refractivity contribution is 6.67. The van der Waals surface area contributed by atoms with E-state index >= 15 is 0 Å². The summed E-state index contributed by atoms with van der Waals surface area (Å²) >= 11 is 0. The van der Waals surface area contributed by atoms with Crippen LogP contribution in [0.4, 0.5) is 0 Å². The Morgan fingerprint density at radius 1 is 1.00 bits per heavy atom. The topological polar surface area (TPSA) is 75.8 Å². The van der Waals surface area contributed by atoms with Crippen LogP contribution in [0.5, 0.6) is 0 Å². The largest absolute Gasteiger partial charge is 0.411 e. The van der Waals surface area contributed by atoms with Gasteiger partial charge in [-0.05, 0) is 13.8 Å². The predicted octanol–water partition coefficient (Wildman–Crippen LogP) is 0.861. The quantitative estimate of drug-likeness (QED) is 0.403. The van der Waals surface area contributed by atoms with E-state index in [2.05, 4.69) is 25.1 Å². The maximum absolute atomic E-state index is 8.50. The van der Waals surface area contributed by atoms with Crippen LogP contribution >= 0.6 is 0 Å². The molecule has 74 valence electrons. The summed E-state index contributed by atoms with van der Waals surface area (Å²) in [6, 6.07) is 0. The van der Waals surface area contributed by atoms with Gasteiger partial charge in [0.05, 0.1) is 0 Å². The molecule has 0 fully saturated rings. The number of hydrogen-bond acceptors (Lipinski definition) is 6. The predicted molar refractivity (Wildman–Crippen MR) is 49.5 cm³/mol. The van der Waals surface area contributed by atoms with Crippen molar-refractivity contribution in [3.63, 3.8) is 0 Å². The molecule has 0 atom stereocenters. The molecule has 0 spiro atoms. The minimum Gasteiger partial charge on any atom is -0.411 e. The smallest absolute Gasteiger partial charge is 0.151 e. The Morgan fingerprint density at radius 2 is 1.54 bits per heavy atom. The standard InChI is InChI=1S/C7H13N3O3/c1-5(8-11)7(10-13-4)6(2)9-12-3/h11H,1-4H3/b8-5?,9-6+,10-7?. The fourth-order valence-electron chi connectivity index (χ4n) is 0.713. The Bertz CT molecular complexity index is 245. The van der Waals surface area contributed by atoms with Gasteiger partial charge in [-0.15, -0.1) is 0 Å². The van der Waals surface area contributed by atoms with E-state index in [0.717, 1.165) is 0 Å². The van der Waals surface area contributed by atoms with Gasteiger partial charge in [-0.2, -0.15) is 0 Å². The van der Waals surface area contributed by atoms with Gasteiger partial charge < -0.3 is 14.9 Å². The summed E-state index contributed by atoms with van der Waals surface area (Å²) in [5.41, 5.74) is 1.12. The van der Waals surface area contributed by atoms with E-state index < -0.39 is 0 Å². The molecule has 0 aromatic rings. The third-order valence-corrected chi connectivity index (χ3v) is 1.25. The normalized spacial score (nSPS) is 14.3. The van der Waals surface area contributed by atoms with Crippen molar-refractivity contribution < 1.29 is 14.9 Å². The van der Waals surface area contributed by atoms with Crippen LogP contribution in [0.1, 0.15) is 13.8 Å². The minimum absolute atomic E-state index is 0.306. The molecule has 0 aromatic carbocycles. The lowest BCUT2D eigenvalue weighted by Gasteiger charge is -2.01. The van der Waals surface area contributed by atoms with E-state index in [1.807, 2.05) is 0 Å². The first-order chi connectivity index (χ1) is 6.17. The summed E-state index contributed by atoms with van der Waals surface area (Å²) in [4.78, 5) is 9.09. The van der Waals surface area contributed by atoms with Gasteiger partial charge in [-0.1, -0.05) is 15.5 Å². The highest BCUT2D eigenvalue weighted by Crippen LogP contribution is 1.91. The van der Waals surface area contributed by atoms with Gasteiger partial charge in [0.2, 0.25) is 0 Å². The van der Waals surface area contributed by atoms with Crippen molar-refractivity contribution in [2.24, 2.45) is 15.5 Å². The molecular formula is C7H13N3O3. The Balaban J connectivity index is 4.83. The highest BCUT2D eigenvalue weighted by atomic mass is 16.6. The van der Waals surface area contributed by atoms with Gasteiger partial charge in [0.25, 0.3) is 0 Å². The van der Waals surface area contributed by atoms with Gasteiger partial charge in [0.15, 0.2) is 5.71 Å². The van der Waals surface area contributed by atoms with Gasteiger partial charge >= 0.3 is 0 Å². The number of nitrogens with zero attached hydrogens (tertiary/aromatic N) is 3. The lowest BCUT2D eigenvalue weighted by atomic mass is 10.2. The van der Waals surface area contributed by atoms with Gasteiger partial charge in [0.1, 0.15) is 25.6 Å². The van der Waals surface area contributed by atoms with Crippen molar-refractivity contribution >= 4 is 17.1 Å². The van der Waals surface area contributed by atoms with Crippen LogP contribution in [0.25, 0.3) is 0 Å². The summed E-state index contributed by atoms with van der Waals surface area (Å²) in [7, 11) is 2.81. The summed E-state index contributed by atoms with van der Waals surface area (Å²) in [5, 5.41) is 18.7. The molecule has 0 amide bonds. The van der Waals surface area contributed by atoms with E-state index in [-0.39, 0.29) is 0 Å². The number of oxime groups is 3. The van der Waals surface area contributed by atoms with Crippen molar-refractivity contribution in [3.05, 3.63) is 0 Å². The van der Waals surface area contributed by atoms with Crippen LogP contribution in [0.15, 0.2) is 15.5 Å². The average Bonchev–Trinajstić information content (AvgIpc) is 2.13. The van der Waals surface area contributed by atoms with Crippen molar-refractivity contribution in [2.75, 3.05) is 14.2 Å². The molecule has 1 N–H and O–H groups in total. The maximum atomic E-state index is 8.50. The molecule has 6 nitrogen and oxygen atoms in total. The Morgan fingerprint density at radius 3 is 1.92 bits per heavy atom. The van der Waals surface area contributed by atoms with Crippen LogP contribution in [0.3, 0.4) is 0 Å². The lowest BCUT2D eigenvalue weighted by Crippen LogP contribution is -2.20. The van der Waals surface area contributed by atoms with Gasteiger partial charge in [-0.25, -0.2) is 0 Å². The van der Waals surface area contributed by atoms with E-state index in [1.54, 1.807) is 13.8 Å². The van der Waals surface area contributed by atoms with Gasteiger partial charge in [0, 0.05) is 0 Å². The van der Waals surface area contributed by atoms with Crippen molar-refractivity contribution in [1.29, 1.82) is 0 Å². The van der Waals surface area contributed by atoms with Crippen LogP contribution < -0.4 is 0 Å². The third-order valence-electron chi connectivity index (χ3n) is 1.25. The summed E-state index contributed by atoms with van der Waals surface area (Å²) in [6.45, 7) is 3.24. The monoisotopic (exact) mass is 187 g/mol. The lowest BCUT2D eigenvalue weighted by molar-refractivity contribution is 0.210. The Hall–Kier alpha value is -1.59. The molecule has 0 bridgehead atoms. The average molecular weight is 187 g/mol. The van der Waals surface area contributed by atoms with Crippen molar-refractivity contribution in [2.45, 2.75) is 13.8 Å². The summed E-state index contributed by atoms with van der Waals surface area (Å²) < 4.78 is 0. The molecule has 0 heterocycles. The summed E-state index contributed by atoms with van der Waals surface area (Å²) in [5.74, 6) is 0. The zero-order chi connectivity index (χ0) is 10.3. The molecule has 0 saturated heterocycles. The van der Waals surface area contributed by atoms with Crippen molar-refractivity contribution in [1.82, 2.24) is 0 Å². The Labute approximate surface area is 76.5 Å². The molecular weight excluding hydrogens is 174 g/mol. The fraction of sp³-hybridized carbons (Fsp3) is 0.571. The molecule has 13 heavy (non-hydrogen) atoms. The van der Waals surface area contributed by atoms with Crippen LogP contribution in [-0.2, 0) is 9.68 Å². The van der Waals surface area contributed by atoms with Crippen LogP contribution in [-0.4, -0.2) is 36.6 Å². The van der Waals surface area contributed by atoms with Gasteiger partial charge in [-0.3, -0.25) is 0 Å². The fourth-order valence-corrected chi connectivity index (χ4v) is 0.713. The Kier molecular flexibility index (Phi) is 5.25. The zero-order valence-corrected chi connectivity index (χ0v) is 8.11. The molecule has 0 aliphatic carbocycles. The number of hydrogen-bond donors (Lipinski definition) is 1. The van der Waals surface area contributed by atoms with Crippen LogP contribution in [0.2, 0.25) is 0 Å². The third kappa shape index (κ3) is 3.55. The number of rotatable bonds is 4. The first-order valence-electron chi connectivity index (χ1n) is 3.55. The van der Waals surface area contributed by atoms with Crippen molar-refractivity contribution in [3.8, 4) is 0 Å². The minimum atomic E-state index is 0.306. The second-order valence-corrected chi connectivity index (χ2v) is 2.17. The molecule has 0 rings (SSSR count). The molecule has 6 heteroatoms. The maximum Gasteiger partial charge on any atom is 0.151 e. The van der Waals surface area contributed by atoms with Crippen LogP contribution in [0, 0.1) is 0 Å². The molecule has 0 unspecified atom stereocenters. The first-order valence-corrected chi connectivity index (χ1v) is 3.55. The van der Waals surface area contributed by atoms with E-state index in [0.29, 0.717) is 17.1 Å². The second-order valence-electron chi connectivity index (χ2n) is 2.17. The van der Waals surface area contributed by atoms with E-state index in [9.17, 15) is 0 Å². The highest BCUT2D eigenvalue weighted by Gasteiger charge is 2.10. The zero-order valence-electron chi connectivity index (χ0n) is 8.11. The van der Waals surface area contributed by atoms with E-state index in [4.69, 9.17) is 5.21 Å². The molecule has 0 aromatic heterocycles. The second kappa shape index (κ2) is 5.99. The van der Waals surface area contributed by atoms with E-state index in [1.165, 1.54) is 14.2 Å². The molecule has 0 saturated carbocycles. The molecule has 0 aliphatic rings.